The maximum atomic E-state index is 9.95. The number of phenols is 2. The molecule has 2 aromatic rings. The Morgan fingerprint density at radius 3 is 1.69 bits per heavy atom. The molecule has 156 valence electrons. The van der Waals surface area contributed by atoms with Gasteiger partial charge in [-0.15, -0.1) is 0 Å². The molecule has 29 heavy (non-hydrogen) atoms. The zero-order valence-corrected chi connectivity index (χ0v) is 17.4. The summed E-state index contributed by atoms with van der Waals surface area (Å²) in [4.78, 5) is 8.23. The van der Waals surface area contributed by atoms with E-state index >= 15 is 0 Å². The van der Waals surface area contributed by atoms with Crippen molar-refractivity contribution in [1.29, 1.82) is 0 Å². The molecule has 0 spiro atoms. The van der Waals surface area contributed by atoms with Crippen molar-refractivity contribution in [2.75, 3.05) is 27.3 Å². The summed E-state index contributed by atoms with van der Waals surface area (Å²) >= 11 is -1.31. The van der Waals surface area contributed by atoms with Crippen molar-refractivity contribution in [3.8, 4) is 23.0 Å². The van der Waals surface area contributed by atoms with Gasteiger partial charge in [0.05, 0.1) is 33.4 Å². The topological polar surface area (TPSA) is 144 Å². The van der Waals surface area contributed by atoms with Crippen molar-refractivity contribution in [2.24, 2.45) is 9.98 Å². The normalized spacial score (nSPS) is 11.7. The number of aliphatic imine (C=N–C) groups is 2. The first kappa shape index (κ1) is 24.3. The van der Waals surface area contributed by atoms with E-state index in [2.05, 4.69) is 9.98 Å². The van der Waals surface area contributed by atoms with Gasteiger partial charge in [0.1, 0.15) is 0 Å². The summed E-state index contributed by atoms with van der Waals surface area (Å²) in [6.45, 7) is 0.246. The molecular weight excluding hydrogens is 419 g/mol. The average Bonchev–Trinajstić information content (AvgIpc) is 2.71. The van der Waals surface area contributed by atoms with E-state index < -0.39 is 22.7 Å². The number of benzene rings is 2. The number of aromatic hydroxyl groups is 2. The van der Waals surface area contributed by atoms with Crippen LogP contribution < -0.4 is 9.47 Å². The van der Waals surface area contributed by atoms with Gasteiger partial charge in [-0.2, -0.15) is 0 Å². The van der Waals surface area contributed by atoms with Crippen LogP contribution in [0.3, 0.4) is 0 Å². The Morgan fingerprint density at radius 2 is 1.34 bits per heavy atom. The first-order chi connectivity index (χ1) is 14.0. The average molecular weight is 443 g/mol. The number of methoxy groups -OCH3 is 2. The second-order valence-corrected chi connectivity index (χ2v) is 5.81. The number of hydrogen-bond acceptors (Lipinski definition) is 8. The fraction of sp³-hybridized carbons (Fsp3) is 0.263. The Balaban J connectivity index is 0.00000132. The number of nitrogens with zero attached hydrogens (tertiary/aromatic N) is 2. The second kappa shape index (κ2) is 13.5. The zero-order valence-electron chi connectivity index (χ0n) is 16.0. The van der Waals surface area contributed by atoms with E-state index in [1.165, 1.54) is 26.6 Å². The van der Waals surface area contributed by atoms with Crippen molar-refractivity contribution in [1.82, 2.24) is 0 Å². The van der Waals surface area contributed by atoms with E-state index in [4.69, 9.17) is 17.2 Å². The summed E-state index contributed by atoms with van der Waals surface area (Å²) in [5, 5.41) is 29.9. The molecule has 0 aromatic heterocycles. The van der Waals surface area contributed by atoms with E-state index in [0.717, 1.165) is 0 Å². The van der Waals surface area contributed by atoms with Crippen molar-refractivity contribution < 1.29 is 49.1 Å². The third-order valence-electron chi connectivity index (χ3n) is 3.59. The molecule has 0 saturated carbocycles. The van der Waals surface area contributed by atoms with Crippen LogP contribution in [0.2, 0.25) is 0 Å². The van der Waals surface area contributed by atoms with Crippen molar-refractivity contribution in [3.63, 3.8) is 0 Å². The fourth-order valence-electron chi connectivity index (χ4n) is 2.22. The van der Waals surface area contributed by atoms with Gasteiger partial charge in [-0.25, -0.2) is 0 Å². The van der Waals surface area contributed by atoms with Crippen molar-refractivity contribution in [2.45, 2.75) is 6.10 Å². The van der Waals surface area contributed by atoms with Gasteiger partial charge < -0.3 is 24.8 Å². The molecule has 0 atom stereocenters. The molecule has 0 heterocycles. The number of para-hydroxylation sites is 2. The quantitative estimate of drug-likeness (QED) is 0.411. The zero-order chi connectivity index (χ0) is 21.6. The summed E-state index contributed by atoms with van der Waals surface area (Å²) in [5.41, 5.74) is 1.00. The third-order valence-corrected chi connectivity index (χ3v) is 3.59. The molecule has 0 fully saturated rings. The predicted octanol–water partition coefficient (Wildman–Crippen LogP) is 1.07. The van der Waals surface area contributed by atoms with Crippen LogP contribution >= 0.6 is 0 Å². The molecule has 0 saturated heterocycles. The number of aliphatic hydroxyl groups is 1. The van der Waals surface area contributed by atoms with Crippen LogP contribution in [0.1, 0.15) is 11.1 Å². The van der Waals surface area contributed by atoms with Crippen molar-refractivity contribution >= 4 is 12.4 Å². The van der Waals surface area contributed by atoms with Crippen LogP contribution in [-0.4, -0.2) is 65.2 Å². The number of ether oxygens (including phenoxy) is 2. The van der Waals surface area contributed by atoms with E-state index in [1.54, 1.807) is 36.4 Å². The monoisotopic (exact) mass is 443 g/mol. The van der Waals surface area contributed by atoms with Crippen LogP contribution in [-0.2, 0) is 20.3 Å². The van der Waals surface area contributed by atoms with E-state index in [0.29, 0.717) is 22.6 Å². The van der Waals surface area contributed by atoms with E-state index in [-0.39, 0.29) is 24.6 Å². The Morgan fingerprint density at radius 1 is 0.966 bits per heavy atom. The molecule has 9 nitrogen and oxygen atoms in total. The fourth-order valence-corrected chi connectivity index (χ4v) is 2.22. The minimum atomic E-state index is -1.31. The van der Waals surface area contributed by atoms with Gasteiger partial charge in [0.2, 0.25) is 0 Å². The van der Waals surface area contributed by atoms with Gasteiger partial charge in [0.15, 0.2) is 23.0 Å². The molecule has 0 aliphatic rings. The van der Waals surface area contributed by atoms with Gasteiger partial charge in [0.25, 0.3) is 0 Å². The molecule has 0 radical (unpaired) electrons. The number of phenolic OH excluding ortho intramolecular Hbond substituents is 2. The molecule has 5 N–H and O–H groups in total. The maximum absolute atomic E-state index is 9.95. The number of hydrogen-bond donors (Lipinski definition) is 3. The summed E-state index contributed by atoms with van der Waals surface area (Å²) in [6.07, 6.45) is 2.15. The van der Waals surface area contributed by atoms with Gasteiger partial charge in [-0.1, -0.05) is 12.1 Å². The SMILES string of the molecule is COc1cccc(C=NCC(O)CN=Cc2cccc(OC)c2O)c1O.[O]=[V][OH2+]. The molecule has 0 bridgehead atoms. The standard InChI is InChI=1S/C19H22N2O5.H2O.O.V/c1-25-16-7-3-5-13(18(16)23)9-20-11-15(22)12-21-10-14-6-4-8-17(26-2)19(14)24;;;/h3-10,15,22-24H,11-12H2,1-2H3;1H2;;/q;;;+1. The molecular formula is C19H24N2O7V+. The third kappa shape index (κ3) is 8.04. The first-order valence-electron chi connectivity index (χ1n) is 8.37. The Labute approximate surface area is 175 Å². The van der Waals surface area contributed by atoms with Crippen LogP contribution in [0.15, 0.2) is 46.4 Å². The molecule has 0 amide bonds. The number of aliphatic hydroxyl groups excluding tert-OH is 1. The van der Waals surface area contributed by atoms with Crippen molar-refractivity contribution in [3.05, 3.63) is 47.5 Å². The van der Waals surface area contributed by atoms with Gasteiger partial charge in [0, 0.05) is 23.6 Å². The van der Waals surface area contributed by atoms with Crippen LogP contribution in [0, 0.1) is 0 Å². The van der Waals surface area contributed by atoms with Gasteiger partial charge >= 0.3 is 24.3 Å². The molecule has 0 aliphatic heterocycles. The summed E-state index contributed by atoms with van der Waals surface area (Å²) in [7, 11) is 2.94. The molecule has 2 aromatic carbocycles. The Kier molecular flexibility index (Phi) is 11.3. The molecule has 0 unspecified atom stereocenters. The Hall–Kier alpha value is -2.72. The molecule has 2 rings (SSSR count). The minimum absolute atomic E-state index is 0.000222. The van der Waals surface area contributed by atoms with Gasteiger partial charge in [-0.05, 0) is 24.3 Å². The summed E-state index contributed by atoms with van der Waals surface area (Å²) in [6, 6.07) is 10.1. The van der Waals surface area contributed by atoms with Crippen LogP contribution in [0.5, 0.6) is 23.0 Å². The van der Waals surface area contributed by atoms with Gasteiger partial charge in [-0.3, -0.25) is 9.98 Å². The molecule has 0 aliphatic carbocycles. The second-order valence-electron chi connectivity index (χ2n) is 5.53. The Bertz CT molecular complexity index is 778. The summed E-state index contributed by atoms with van der Waals surface area (Å²) < 4.78 is 24.5. The molecule has 10 heteroatoms. The first-order valence-corrected chi connectivity index (χ1v) is 9.64. The van der Waals surface area contributed by atoms with Crippen LogP contribution in [0.4, 0.5) is 0 Å². The summed E-state index contributed by atoms with van der Waals surface area (Å²) in [5.74, 6) is 0.717. The van der Waals surface area contributed by atoms with Crippen LogP contribution in [0.25, 0.3) is 0 Å². The van der Waals surface area contributed by atoms with E-state index in [1.807, 2.05) is 0 Å². The number of rotatable bonds is 8. The van der Waals surface area contributed by atoms with E-state index in [9.17, 15) is 15.3 Å². The predicted molar refractivity (Wildman–Crippen MR) is 105 cm³/mol.